The number of nitrogens with zero attached hydrogens (tertiary/aromatic N) is 1. The average Bonchev–Trinajstić information content (AvgIpc) is 2.54. The highest BCUT2D eigenvalue weighted by atomic mass is 16.5. The molecule has 2 N–H and O–H groups in total. The van der Waals surface area contributed by atoms with Crippen LogP contribution in [-0.4, -0.2) is 16.9 Å². The number of carbonyl (C=O) groups excluding carboxylic acids is 2. The monoisotopic (exact) mass is 326 g/mol. The standard InChI is InChI=1S/C19H22N2O3/c1-12(2)11-14-6-8-15(9-7-14)13(3)19(23)24-18-16(17(20)22)5-4-10-21-18/h4-10,12-13H,11H2,1-3H3,(H2,20,22). The van der Waals surface area contributed by atoms with Gasteiger partial charge in [0, 0.05) is 6.20 Å². The minimum Gasteiger partial charge on any atom is -0.406 e. The lowest BCUT2D eigenvalue weighted by Gasteiger charge is -2.13. The fourth-order valence-electron chi connectivity index (χ4n) is 2.39. The first-order valence-electron chi connectivity index (χ1n) is 7.93. The second-order valence-corrected chi connectivity index (χ2v) is 6.20. The third-order valence-corrected chi connectivity index (χ3v) is 3.71. The number of hydrogen-bond donors (Lipinski definition) is 1. The van der Waals surface area contributed by atoms with Gasteiger partial charge in [-0.05, 0) is 42.5 Å². The van der Waals surface area contributed by atoms with Crippen LogP contribution in [0.15, 0.2) is 42.6 Å². The summed E-state index contributed by atoms with van der Waals surface area (Å²) in [5, 5.41) is 0. The van der Waals surface area contributed by atoms with Crippen LogP contribution in [-0.2, 0) is 11.2 Å². The van der Waals surface area contributed by atoms with Crippen LogP contribution in [0, 0.1) is 5.92 Å². The summed E-state index contributed by atoms with van der Waals surface area (Å²) < 4.78 is 5.27. The number of carbonyl (C=O) groups is 2. The van der Waals surface area contributed by atoms with Crippen LogP contribution in [0.3, 0.4) is 0 Å². The van der Waals surface area contributed by atoms with E-state index in [0.717, 1.165) is 12.0 Å². The lowest BCUT2D eigenvalue weighted by atomic mass is 9.97. The Morgan fingerprint density at radius 3 is 2.38 bits per heavy atom. The van der Waals surface area contributed by atoms with E-state index >= 15 is 0 Å². The van der Waals surface area contributed by atoms with Gasteiger partial charge in [0.1, 0.15) is 5.56 Å². The number of esters is 1. The van der Waals surface area contributed by atoms with Crippen LogP contribution in [0.2, 0.25) is 0 Å². The van der Waals surface area contributed by atoms with Gasteiger partial charge in [-0.2, -0.15) is 0 Å². The predicted octanol–water partition coefficient (Wildman–Crippen LogP) is 3.09. The molecule has 1 aromatic carbocycles. The zero-order valence-corrected chi connectivity index (χ0v) is 14.2. The fraction of sp³-hybridized carbons (Fsp3) is 0.316. The maximum absolute atomic E-state index is 12.3. The highest BCUT2D eigenvalue weighted by Crippen LogP contribution is 2.21. The quantitative estimate of drug-likeness (QED) is 0.827. The Labute approximate surface area is 141 Å². The lowest BCUT2D eigenvalue weighted by Crippen LogP contribution is -2.20. The highest BCUT2D eigenvalue weighted by Gasteiger charge is 2.21. The van der Waals surface area contributed by atoms with Crippen molar-refractivity contribution in [1.82, 2.24) is 4.98 Å². The zero-order valence-electron chi connectivity index (χ0n) is 14.2. The van der Waals surface area contributed by atoms with Gasteiger partial charge in [-0.3, -0.25) is 9.59 Å². The lowest BCUT2D eigenvalue weighted by molar-refractivity contribution is -0.135. The Morgan fingerprint density at radius 2 is 1.79 bits per heavy atom. The number of nitrogens with two attached hydrogens (primary N) is 1. The summed E-state index contributed by atoms with van der Waals surface area (Å²) in [5.41, 5.74) is 7.43. The van der Waals surface area contributed by atoms with Gasteiger partial charge < -0.3 is 10.5 Å². The van der Waals surface area contributed by atoms with E-state index in [1.807, 2.05) is 24.3 Å². The van der Waals surface area contributed by atoms with Gasteiger partial charge in [0.05, 0.1) is 5.92 Å². The summed E-state index contributed by atoms with van der Waals surface area (Å²) in [5.74, 6) is -1.11. The van der Waals surface area contributed by atoms with Crippen LogP contribution in [0.4, 0.5) is 0 Å². The maximum atomic E-state index is 12.3. The molecule has 1 atom stereocenters. The summed E-state index contributed by atoms with van der Waals surface area (Å²) >= 11 is 0. The molecule has 126 valence electrons. The van der Waals surface area contributed by atoms with Gasteiger partial charge in [-0.15, -0.1) is 0 Å². The SMILES string of the molecule is CC(C)Cc1ccc(C(C)C(=O)Oc2ncccc2C(N)=O)cc1. The molecule has 0 radical (unpaired) electrons. The second kappa shape index (κ2) is 7.73. The number of primary amides is 1. The molecule has 2 rings (SSSR count). The van der Waals surface area contributed by atoms with Crippen molar-refractivity contribution in [1.29, 1.82) is 0 Å². The van der Waals surface area contributed by atoms with E-state index in [0.29, 0.717) is 5.92 Å². The van der Waals surface area contributed by atoms with E-state index in [-0.39, 0.29) is 11.4 Å². The maximum Gasteiger partial charge on any atom is 0.319 e. The first-order valence-corrected chi connectivity index (χ1v) is 7.93. The van der Waals surface area contributed by atoms with Gasteiger partial charge in [0.15, 0.2) is 0 Å². The van der Waals surface area contributed by atoms with Crippen LogP contribution in [0.1, 0.15) is 48.2 Å². The van der Waals surface area contributed by atoms with E-state index in [2.05, 4.69) is 18.8 Å². The van der Waals surface area contributed by atoms with E-state index in [9.17, 15) is 9.59 Å². The van der Waals surface area contributed by atoms with Gasteiger partial charge in [0.2, 0.25) is 5.88 Å². The molecule has 1 heterocycles. The van der Waals surface area contributed by atoms with Gasteiger partial charge in [-0.1, -0.05) is 38.1 Å². The summed E-state index contributed by atoms with van der Waals surface area (Å²) in [6, 6.07) is 10.9. The van der Waals surface area contributed by atoms with Crippen molar-refractivity contribution in [3.63, 3.8) is 0 Å². The molecule has 0 spiro atoms. The molecule has 24 heavy (non-hydrogen) atoms. The number of rotatable bonds is 6. The average molecular weight is 326 g/mol. The molecule has 0 fully saturated rings. The van der Waals surface area contributed by atoms with Crippen LogP contribution in [0.5, 0.6) is 5.88 Å². The minimum atomic E-state index is -0.684. The molecule has 1 aromatic heterocycles. The molecule has 0 aliphatic carbocycles. The van der Waals surface area contributed by atoms with Crippen molar-refractivity contribution in [2.24, 2.45) is 11.7 Å². The largest absolute Gasteiger partial charge is 0.406 e. The van der Waals surface area contributed by atoms with Crippen molar-refractivity contribution >= 4 is 11.9 Å². The Kier molecular flexibility index (Phi) is 5.68. The predicted molar refractivity (Wildman–Crippen MR) is 91.8 cm³/mol. The zero-order chi connectivity index (χ0) is 17.7. The molecular weight excluding hydrogens is 304 g/mol. The van der Waals surface area contributed by atoms with Crippen molar-refractivity contribution in [3.8, 4) is 5.88 Å². The van der Waals surface area contributed by atoms with Gasteiger partial charge in [-0.25, -0.2) is 4.98 Å². The van der Waals surface area contributed by atoms with Crippen molar-refractivity contribution < 1.29 is 14.3 Å². The Hall–Kier alpha value is -2.69. The fourth-order valence-corrected chi connectivity index (χ4v) is 2.39. The molecular formula is C19H22N2O3. The molecule has 0 saturated heterocycles. The van der Waals surface area contributed by atoms with Crippen molar-refractivity contribution in [2.45, 2.75) is 33.1 Å². The Morgan fingerprint density at radius 1 is 1.12 bits per heavy atom. The molecule has 5 nitrogen and oxygen atoms in total. The Balaban J connectivity index is 2.11. The summed E-state index contributed by atoms with van der Waals surface area (Å²) in [6.45, 7) is 6.08. The summed E-state index contributed by atoms with van der Waals surface area (Å²) in [6.07, 6.45) is 2.44. The molecule has 2 aromatic rings. The van der Waals surface area contributed by atoms with E-state index in [1.54, 1.807) is 13.0 Å². The van der Waals surface area contributed by atoms with E-state index in [1.165, 1.54) is 17.8 Å². The van der Waals surface area contributed by atoms with Crippen LogP contribution < -0.4 is 10.5 Å². The number of ether oxygens (including phenoxy) is 1. The topological polar surface area (TPSA) is 82.3 Å². The Bertz CT molecular complexity index is 724. The number of amides is 1. The molecule has 0 saturated carbocycles. The number of pyridine rings is 1. The molecule has 1 unspecified atom stereocenters. The molecule has 0 bridgehead atoms. The molecule has 0 aliphatic rings. The van der Waals surface area contributed by atoms with Gasteiger partial charge >= 0.3 is 5.97 Å². The number of hydrogen-bond acceptors (Lipinski definition) is 4. The summed E-state index contributed by atoms with van der Waals surface area (Å²) in [7, 11) is 0. The second-order valence-electron chi connectivity index (χ2n) is 6.20. The normalized spacial score (nSPS) is 12.0. The van der Waals surface area contributed by atoms with Crippen LogP contribution >= 0.6 is 0 Å². The molecule has 1 amide bonds. The van der Waals surface area contributed by atoms with E-state index in [4.69, 9.17) is 10.5 Å². The van der Waals surface area contributed by atoms with Crippen LogP contribution in [0.25, 0.3) is 0 Å². The van der Waals surface area contributed by atoms with Crippen molar-refractivity contribution in [2.75, 3.05) is 0 Å². The van der Waals surface area contributed by atoms with E-state index < -0.39 is 17.8 Å². The molecule has 5 heteroatoms. The summed E-state index contributed by atoms with van der Waals surface area (Å²) in [4.78, 5) is 27.6. The first kappa shape index (κ1) is 17.7. The number of aromatic nitrogens is 1. The third kappa shape index (κ3) is 4.41. The van der Waals surface area contributed by atoms with Crippen molar-refractivity contribution in [3.05, 3.63) is 59.3 Å². The highest BCUT2D eigenvalue weighted by molar-refractivity contribution is 5.96. The first-order chi connectivity index (χ1) is 11.4. The van der Waals surface area contributed by atoms with Gasteiger partial charge in [0.25, 0.3) is 5.91 Å². The smallest absolute Gasteiger partial charge is 0.319 e. The molecule has 0 aliphatic heterocycles. The number of benzene rings is 1. The minimum absolute atomic E-state index is 0.0572. The third-order valence-electron chi connectivity index (χ3n) is 3.71.